The molecule has 0 aliphatic rings. The molecule has 0 aliphatic heterocycles. The summed E-state index contributed by atoms with van der Waals surface area (Å²) in [6, 6.07) is 11.1. The highest BCUT2D eigenvalue weighted by Crippen LogP contribution is 2.27. The maximum atomic E-state index is 11.8. The van der Waals surface area contributed by atoms with E-state index in [0.29, 0.717) is 11.4 Å². The fraction of sp³-hybridized carbons (Fsp3) is 0. The summed E-state index contributed by atoms with van der Waals surface area (Å²) in [7, 11) is 0. The summed E-state index contributed by atoms with van der Waals surface area (Å²) in [6.07, 6.45) is 3.22. The van der Waals surface area contributed by atoms with E-state index in [1.54, 1.807) is 24.5 Å². The molecular weight excluding hydrogens is 334 g/mol. The van der Waals surface area contributed by atoms with E-state index in [1.165, 1.54) is 0 Å². The molecule has 1 aromatic carbocycles. The second kappa shape index (κ2) is 5.84. The van der Waals surface area contributed by atoms with E-state index in [2.05, 4.69) is 41.3 Å². The summed E-state index contributed by atoms with van der Waals surface area (Å²) in [4.78, 5) is 15.8. The second-order valence-corrected chi connectivity index (χ2v) is 5.14. The Morgan fingerprint density at radius 2 is 1.86 bits per heavy atom. The third kappa shape index (κ3) is 2.97. The topological polar surface area (TPSA) is 86.3 Å². The molecule has 0 spiro atoms. The van der Waals surface area contributed by atoms with Gasteiger partial charge in [0.05, 0.1) is 11.9 Å². The van der Waals surface area contributed by atoms with E-state index < -0.39 is 0 Å². The smallest absolute Gasteiger partial charge is 0.292 e. The van der Waals surface area contributed by atoms with Crippen molar-refractivity contribution in [3.8, 4) is 11.3 Å². The lowest BCUT2D eigenvalue weighted by molar-refractivity contribution is 1.06. The van der Waals surface area contributed by atoms with Crippen LogP contribution in [0.1, 0.15) is 0 Å². The van der Waals surface area contributed by atoms with Crippen LogP contribution in [0.3, 0.4) is 0 Å². The molecule has 6 nitrogen and oxygen atoms in total. The van der Waals surface area contributed by atoms with Gasteiger partial charge in [0.1, 0.15) is 5.69 Å². The highest BCUT2D eigenvalue weighted by Gasteiger charge is 2.11. The Hall–Kier alpha value is -2.54. The minimum Gasteiger partial charge on any atom is -0.295 e. The van der Waals surface area contributed by atoms with Crippen molar-refractivity contribution in [3.05, 3.63) is 63.6 Å². The molecule has 0 saturated carbocycles. The van der Waals surface area contributed by atoms with Gasteiger partial charge in [-0.2, -0.15) is 0 Å². The Labute approximate surface area is 128 Å². The van der Waals surface area contributed by atoms with E-state index in [4.69, 9.17) is 0 Å². The molecular formula is C14H10BrN5O. The first-order chi connectivity index (χ1) is 10.2. The lowest BCUT2D eigenvalue weighted by atomic mass is 10.1. The van der Waals surface area contributed by atoms with Gasteiger partial charge in [-0.15, -0.1) is 10.2 Å². The van der Waals surface area contributed by atoms with Crippen LogP contribution < -0.4 is 5.56 Å². The molecule has 21 heavy (non-hydrogen) atoms. The van der Waals surface area contributed by atoms with Crippen molar-refractivity contribution in [2.45, 2.75) is 0 Å². The molecule has 0 bridgehead atoms. The Kier molecular flexibility index (Phi) is 3.74. The van der Waals surface area contributed by atoms with E-state index >= 15 is 0 Å². The van der Waals surface area contributed by atoms with Crippen molar-refractivity contribution in [1.82, 2.24) is 15.2 Å². The third-order valence-corrected chi connectivity index (χ3v) is 3.33. The van der Waals surface area contributed by atoms with Crippen molar-refractivity contribution in [3.63, 3.8) is 0 Å². The number of aromatic amines is 2. The molecule has 0 radical (unpaired) electrons. The second-order valence-electron chi connectivity index (χ2n) is 4.22. The minimum atomic E-state index is -0.319. The molecule has 104 valence electrons. The molecule has 3 aromatic rings. The van der Waals surface area contributed by atoms with Crippen LogP contribution in [0.5, 0.6) is 0 Å². The number of azo groups is 1. The predicted molar refractivity (Wildman–Crippen MR) is 83.0 cm³/mol. The van der Waals surface area contributed by atoms with Gasteiger partial charge in [0, 0.05) is 16.2 Å². The van der Waals surface area contributed by atoms with Crippen LogP contribution in [0, 0.1) is 0 Å². The van der Waals surface area contributed by atoms with Gasteiger partial charge in [-0.05, 0) is 24.3 Å². The van der Waals surface area contributed by atoms with E-state index in [0.717, 1.165) is 10.0 Å². The average molecular weight is 344 g/mol. The highest BCUT2D eigenvalue weighted by molar-refractivity contribution is 9.10. The van der Waals surface area contributed by atoms with Crippen molar-refractivity contribution < 1.29 is 0 Å². The average Bonchev–Trinajstić information content (AvgIpc) is 2.88. The zero-order chi connectivity index (χ0) is 14.7. The number of nitrogens with zero attached hydrogens (tertiary/aromatic N) is 3. The van der Waals surface area contributed by atoms with Gasteiger partial charge in [-0.1, -0.05) is 28.1 Å². The quantitative estimate of drug-likeness (QED) is 0.705. The van der Waals surface area contributed by atoms with Gasteiger partial charge in [0.15, 0.2) is 5.69 Å². The molecule has 0 atom stereocenters. The molecule has 0 aliphatic carbocycles. The molecule has 7 heteroatoms. The summed E-state index contributed by atoms with van der Waals surface area (Å²) >= 11 is 3.37. The van der Waals surface area contributed by atoms with E-state index in [9.17, 15) is 4.79 Å². The lowest BCUT2D eigenvalue weighted by Crippen LogP contribution is -1.96. The van der Waals surface area contributed by atoms with Crippen molar-refractivity contribution in [2.24, 2.45) is 10.2 Å². The van der Waals surface area contributed by atoms with E-state index in [-0.39, 0.29) is 11.2 Å². The highest BCUT2D eigenvalue weighted by atomic mass is 79.9. The number of halogens is 1. The van der Waals surface area contributed by atoms with Crippen LogP contribution in [-0.4, -0.2) is 15.2 Å². The van der Waals surface area contributed by atoms with Gasteiger partial charge in [0.2, 0.25) is 0 Å². The summed E-state index contributed by atoms with van der Waals surface area (Å²) < 4.78 is 0.961. The van der Waals surface area contributed by atoms with E-state index in [1.807, 2.05) is 24.3 Å². The Bertz CT molecular complexity index is 821. The molecule has 2 heterocycles. The van der Waals surface area contributed by atoms with Gasteiger partial charge in [-0.3, -0.25) is 20.0 Å². The number of benzene rings is 1. The van der Waals surface area contributed by atoms with Crippen molar-refractivity contribution >= 4 is 27.3 Å². The molecule has 2 aromatic heterocycles. The van der Waals surface area contributed by atoms with Crippen LogP contribution in [0.25, 0.3) is 11.3 Å². The fourth-order valence-corrected chi connectivity index (χ4v) is 2.06. The summed E-state index contributed by atoms with van der Waals surface area (Å²) in [5, 5.41) is 13.4. The van der Waals surface area contributed by atoms with Crippen molar-refractivity contribution in [1.29, 1.82) is 0 Å². The Morgan fingerprint density at radius 3 is 2.57 bits per heavy atom. The number of hydrogen-bond donors (Lipinski definition) is 2. The minimum absolute atomic E-state index is 0.237. The maximum absolute atomic E-state index is 11.8. The number of pyridine rings is 1. The first-order valence-corrected chi connectivity index (χ1v) is 6.92. The maximum Gasteiger partial charge on any atom is 0.292 e. The van der Waals surface area contributed by atoms with Crippen LogP contribution in [0.15, 0.2) is 68.3 Å². The van der Waals surface area contributed by atoms with Gasteiger partial charge < -0.3 is 0 Å². The monoisotopic (exact) mass is 343 g/mol. The third-order valence-electron chi connectivity index (χ3n) is 2.80. The SMILES string of the molecule is O=c1[nH][nH]c(-c2ccc(Br)cc2)c1N=Nc1cccnc1. The summed E-state index contributed by atoms with van der Waals surface area (Å²) in [6.45, 7) is 0. The number of H-pyrrole nitrogens is 2. The van der Waals surface area contributed by atoms with Gasteiger partial charge in [-0.25, -0.2) is 0 Å². The molecule has 2 N–H and O–H groups in total. The molecule has 3 rings (SSSR count). The standard InChI is InChI=1S/C14H10BrN5O/c15-10-5-3-9(4-6-10)12-13(14(21)20-18-12)19-17-11-2-1-7-16-8-11/h1-8H,(H2,18,20,21). The first-order valence-electron chi connectivity index (χ1n) is 6.12. The largest absolute Gasteiger partial charge is 0.295 e. The van der Waals surface area contributed by atoms with Crippen LogP contribution in [-0.2, 0) is 0 Å². The Balaban J connectivity index is 2.00. The first kappa shape index (κ1) is 13.4. The molecule has 0 amide bonds. The molecule has 0 unspecified atom stereocenters. The Morgan fingerprint density at radius 1 is 1.05 bits per heavy atom. The lowest BCUT2D eigenvalue weighted by Gasteiger charge is -1.98. The zero-order valence-corrected chi connectivity index (χ0v) is 12.3. The number of hydrogen-bond acceptors (Lipinski definition) is 4. The summed E-state index contributed by atoms with van der Waals surface area (Å²) in [5.74, 6) is 0. The zero-order valence-electron chi connectivity index (χ0n) is 10.7. The van der Waals surface area contributed by atoms with Crippen LogP contribution in [0.2, 0.25) is 0 Å². The van der Waals surface area contributed by atoms with Crippen LogP contribution >= 0.6 is 15.9 Å². The van der Waals surface area contributed by atoms with Gasteiger partial charge >= 0.3 is 0 Å². The fourth-order valence-electron chi connectivity index (χ4n) is 1.79. The van der Waals surface area contributed by atoms with Crippen molar-refractivity contribution in [2.75, 3.05) is 0 Å². The molecule has 0 saturated heterocycles. The van der Waals surface area contributed by atoms with Gasteiger partial charge in [0.25, 0.3) is 5.56 Å². The summed E-state index contributed by atoms with van der Waals surface area (Å²) in [5.41, 5.74) is 1.94. The predicted octanol–water partition coefficient (Wildman–Crippen LogP) is 3.94. The van der Waals surface area contributed by atoms with Crippen LogP contribution in [0.4, 0.5) is 11.4 Å². The normalized spacial score (nSPS) is 11.1. The number of rotatable bonds is 3. The number of nitrogens with one attached hydrogen (secondary N) is 2. The molecule has 0 fully saturated rings. The number of aromatic nitrogens is 3.